The highest BCUT2D eigenvalue weighted by Gasteiger charge is 2.21. The van der Waals surface area contributed by atoms with Crippen molar-refractivity contribution in [2.45, 2.75) is 59.2 Å². The van der Waals surface area contributed by atoms with Gasteiger partial charge in [0.15, 0.2) is 12.4 Å². The van der Waals surface area contributed by atoms with Crippen molar-refractivity contribution in [1.29, 1.82) is 0 Å². The van der Waals surface area contributed by atoms with Crippen LogP contribution in [0.1, 0.15) is 73.4 Å². The van der Waals surface area contributed by atoms with Gasteiger partial charge in [-0.1, -0.05) is 24.3 Å². The maximum absolute atomic E-state index is 12.9. The number of alkyl carbamates (subject to hydrolysis) is 1. The summed E-state index contributed by atoms with van der Waals surface area (Å²) in [6.07, 6.45) is 4.11. The van der Waals surface area contributed by atoms with E-state index in [1.54, 1.807) is 78.0 Å². The molecule has 0 aliphatic carbocycles. The van der Waals surface area contributed by atoms with Gasteiger partial charge in [-0.15, -0.1) is 6.58 Å². The fourth-order valence-corrected chi connectivity index (χ4v) is 3.59. The molecule has 0 aromatic heterocycles. The maximum Gasteiger partial charge on any atom is 0.407 e. The number of allylic oxidation sites excluding steroid dienone is 2. The van der Waals surface area contributed by atoms with Crippen LogP contribution in [-0.4, -0.2) is 59.9 Å². The van der Waals surface area contributed by atoms with Crippen molar-refractivity contribution < 1.29 is 43.2 Å². The third-order valence-corrected chi connectivity index (χ3v) is 5.12. The van der Waals surface area contributed by atoms with Gasteiger partial charge in [0.1, 0.15) is 34.9 Å². The monoisotopic (exact) mass is 581 g/mol. The Kier molecular flexibility index (Phi) is 11.9. The third kappa shape index (κ3) is 11.9. The molecule has 0 fully saturated rings. The molecule has 2 aromatic carbocycles. The lowest BCUT2D eigenvalue weighted by Crippen LogP contribution is -2.34. The molecule has 2 rings (SSSR count). The smallest absolute Gasteiger partial charge is 0.407 e. The molecule has 0 aliphatic rings. The van der Waals surface area contributed by atoms with Crippen LogP contribution in [0.3, 0.4) is 0 Å². The van der Waals surface area contributed by atoms with Gasteiger partial charge in [0.05, 0.1) is 6.54 Å². The molecule has 42 heavy (non-hydrogen) atoms. The lowest BCUT2D eigenvalue weighted by Gasteiger charge is -2.20. The number of hydrogen-bond donors (Lipinski definition) is 2. The lowest BCUT2D eigenvalue weighted by molar-refractivity contribution is -0.157. The molecule has 0 atom stereocenters. The summed E-state index contributed by atoms with van der Waals surface area (Å²) in [5, 5.41) is 12.4. The number of ketones is 1. The van der Waals surface area contributed by atoms with E-state index in [0.29, 0.717) is 22.4 Å². The number of benzene rings is 2. The summed E-state index contributed by atoms with van der Waals surface area (Å²) in [4.78, 5) is 48.8. The summed E-state index contributed by atoms with van der Waals surface area (Å²) in [6.45, 7) is 14.1. The number of carbonyl (C=O) groups excluding carboxylic acids is 3. The number of carboxylic acids is 1. The second-order valence-corrected chi connectivity index (χ2v) is 11.2. The minimum atomic E-state index is -1.26. The molecule has 0 aliphatic heterocycles. The van der Waals surface area contributed by atoms with Gasteiger partial charge in [0, 0.05) is 5.56 Å². The fourth-order valence-electron chi connectivity index (χ4n) is 3.59. The Hall–Kier alpha value is -4.60. The van der Waals surface area contributed by atoms with Gasteiger partial charge in [0.25, 0.3) is 0 Å². The van der Waals surface area contributed by atoms with Gasteiger partial charge >= 0.3 is 18.0 Å². The van der Waals surface area contributed by atoms with E-state index in [9.17, 15) is 24.3 Å². The number of carboxylic acid groups (broad SMARTS) is 1. The second-order valence-electron chi connectivity index (χ2n) is 11.2. The number of rotatable bonds is 13. The number of ether oxygens (including phenoxy) is 4. The molecule has 0 spiro atoms. The quantitative estimate of drug-likeness (QED) is 0.101. The van der Waals surface area contributed by atoms with E-state index in [0.717, 1.165) is 0 Å². The van der Waals surface area contributed by atoms with E-state index in [1.165, 1.54) is 18.2 Å². The maximum atomic E-state index is 12.9. The Bertz CT molecular complexity index is 1330. The molecule has 0 bridgehead atoms. The Morgan fingerprint density at radius 3 is 2.26 bits per heavy atom. The van der Waals surface area contributed by atoms with Gasteiger partial charge in [-0.25, -0.2) is 14.4 Å². The number of aromatic carboxylic acids is 1. The average molecular weight is 582 g/mol. The molecule has 0 saturated carbocycles. The Labute approximate surface area is 246 Å². The van der Waals surface area contributed by atoms with Crippen molar-refractivity contribution in [1.82, 2.24) is 5.32 Å². The average Bonchev–Trinajstić information content (AvgIpc) is 2.87. The summed E-state index contributed by atoms with van der Waals surface area (Å²) in [5.74, 6) is -1.76. The molecule has 10 heteroatoms. The highest BCUT2D eigenvalue weighted by Crippen LogP contribution is 2.28. The molecule has 2 N–H and O–H groups in total. The molecule has 0 unspecified atom stereocenters. The van der Waals surface area contributed by atoms with E-state index in [4.69, 9.17) is 18.9 Å². The largest absolute Gasteiger partial charge is 0.492 e. The summed E-state index contributed by atoms with van der Waals surface area (Å²) >= 11 is 0. The SMILES string of the molecule is C=CCc1cc(C=CC(=O)c2cccc(OCCNC(=O)OC(C)(C)C)c2)cc(C(=O)O)c1OCC(=O)OC(C)(C)C. The van der Waals surface area contributed by atoms with Gasteiger partial charge in [-0.05, 0) is 89.4 Å². The highest BCUT2D eigenvalue weighted by molar-refractivity contribution is 6.07. The number of carbonyl (C=O) groups is 4. The van der Waals surface area contributed by atoms with E-state index in [-0.39, 0.29) is 36.7 Å². The van der Waals surface area contributed by atoms with Crippen LogP contribution in [0, 0.1) is 0 Å². The molecule has 10 nitrogen and oxygen atoms in total. The van der Waals surface area contributed by atoms with E-state index >= 15 is 0 Å². The van der Waals surface area contributed by atoms with Gasteiger partial charge in [0.2, 0.25) is 0 Å². The molecule has 0 heterocycles. The predicted molar refractivity (Wildman–Crippen MR) is 158 cm³/mol. The number of esters is 1. The van der Waals surface area contributed by atoms with Crippen molar-refractivity contribution in [3.63, 3.8) is 0 Å². The summed E-state index contributed by atoms with van der Waals surface area (Å²) < 4.78 is 21.6. The predicted octanol–water partition coefficient (Wildman–Crippen LogP) is 5.63. The van der Waals surface area contributed by atoms with Crippen LogP contribution in [0.2, 0.25) is 0 Å². The lowest BCUT2D eigenvalue weighted by atomic mass is 10.0. The zero-order valence-corrected chi connectivity index (χ0v) is 24.9. The standard InChI is InChI=1S/C32H39NO9/c1-8-10-23-17-21(18-25(29(36)37)28(23)40-20-27(35)41-31(2,3)4)13-14-26(34)22-11-9-12-24(19-22)39-16-15-33-30(38)42-32(5,6)7/h8-9,11-14,17-19H,1,10,15-16,20H2,2-7H3,(H,33,38)(H,36,37). The fraction of sp³-hybridized carbons (Fsp3) is 0.375. The van der Waals surface area contributed by atoms with Crippen LogP contribution in [0.4, 0.5) is 4.79 Å². The third-order valence-electron chi connectivity index (χ3n) is 5.12. The van der Waals surface area contributed by atoms with Crippen molar-refractivity contribution in [2.75, 3.05) is 19.8 Å². The van der Waals surface area contributed by atoms with Crippen molar-refractivity contribution in [3.8, 4) is 11.5 Å². The zero-order valence-electron chi connectivity index (χ0n) is 24.9. The van der Waals surface area contributed by atoms with Crippen LogP contribution >= 0.6 is 0 Å². The van der Waals surface area contributed by atoms with Gasteiger partial charge in [-0.3, -0.25) is 4.79 Å². The molecule has 0 radical (unpaired) electrons. The van der Waals surface area contributed by atoms with E-state index < -0.39 is 35.8 Å². The van der Waals surface area contributed by atoms with E-state index in [2.05, 4.69) is 11.9 Å². The van der Waals surface area contributed by atoms with Gasteiger partial charge in [-0.2, -0.15) is 0 Å². The molecule has 1 amide bonds. The first-order valence-corrected chi connectivity index (χ1v) is 13.4. The highest BCUT2D eigenvalue weighted by atomic mass is 16.6. The Morgan fingerprint density at radius 1 is 0.952 bits per heavy atom. The van der Waals surface area contributed by atoms with Crippen LogP contribution < -0.4 is 14.8 Å². The minimum Gasteiger partial charge on any atom is -0.492 e. The van der Waals surface area contributed by atoms with Crippen LogP contribution in [-0.2, 0) is 20.7 Å². The Balaban J connectivity index is 2.14. The zero-order chi connectivity index (χ0) is 31.5. The summed E-state index contributed by atoms with van der Waals surface area (Å²) in [5.41, 5.74) is -0.205. The molecular formula is C32H39NO9. The number of nitrogens with one attached hydrogen (secondary N) is 1. The Morgan fingerprint density at radius 2 is 1.64 bits per heavy atom. The number of hydrogen-bond acceptors (Lipinski definition) is 8. The first-order valence-electron chi connectivity index (χ1n) is 13.4. The van der Waals surface area contributed by atoms with Crippen LogP contribution in [0.5, 0.6) is 11.5 Å². The normalized spacial score (nSPS) is 11.5. The van der Waals surface area contributed by atoms with Crippen molar-refractivity contribution in [3.05, 3.63) is 77.4 Å². The van der Waals surface area contributed by atoms with Crippen molar-refractivity contribution in [2.24, 2.45) is 0 Å². The van der Waals surface area contributed by atoms with Crippen LogP contribution in [0.25, 0.3) is 6.08 Å². The topological polar surface area (TPSA) is 137 Å². The molecule has 226 valence electrons. The van der Waals surface area contributed by atoms with Gasteiger partial charge < -0.3 is 29.4 Å². The number of amides is 1. The molecule has 0 saturated heterocycles. The van der Waals surface area contributed by atoms with E-state index in [1.807, 2.05) is 0 Å². The second kappa shape index (κ2) is 14.9. The summed E-state index contributed by atoms with van der Waals surface area (Å²) in [6, 6.07) is 9.57. The molecular weight excluding hydrogens is 542 g/mol. The van der Waals surface area contributed by atoms with Crippen molar-refractivity contribution >= 4 is 29.9 Å². The van der Waals surface area contributed by atoms with Crippen LogP contribution in [0.15, 0.2) is 55.1 Å². The molecule has 2 aromatic rings. The first kappa shape index (κ1) is 33.6. The summed E-state index contributed by atoms with van der Waals surface area (Å²) in [7, 11) is 0. The minimum absolute atomic E-state index is 0.0303. The first-order chi connectivity index (χ1) is 19.6.